The minimum absolute atomic E-state index is 0.00469. The number of urea groups is 1. The van der Waals surface area contributed by atoms with Crippen molar-refractivity contribution in [1.29, 1.82) is 0 Å². The van der Waals surface area contributed by atoms with E-state index in [2.05, 4.69) is 5.32 Å². The predicted octanol–water partition coefficient (Wildman–Crippen LogP) is 5.13. The third-order valence-corrected chi connectivity index (χ3v) is 5.66. The summed E-state index contributed by atoms with van der Waals surface area (Å²) in [7, 11) is -2.47. The number of anilines is 1. The fourth-order valence-corrected chi connectivity index (χ4v) is 3.52. The molecule has 0 spiro atoms. The highest BCUT2D eigenvalue weighted by Crippen LogP contribution is 2.35. The van der Waals surface area contributed by atoms with E-state index in [4.69, 9.17) is 8.92 Å². The van der Waals surface area contributed by atoms with Gasteiger partial charge in [-0.05, 0) is 42.7 Å². The predicted molar refractivity (Wildman–Crippen MR) is 119 cm³/mol. The molecule has 182 valence electrons. The molecule has 0 bridgehead atoms. The Bertz CT molecular complexity index is 1070. The van der Waals surface area contributed by atoms with Crippen LogP contribution in [0.15, 0.2) is 42.5 Å². The number of rotatable bonds is 9. The number of ether oxygens (including phenoxy) is 1. The summed E-state index contributed by atoms with van der Waals surface area (Å²) in [5.41, 5.74) is -0.790. The van der Waals surface area contributed by atoms with E-state index < -0.39 is 27.9 Å². The summed E-state index contributed by atoms with van der Waals surface area (Å²) in [5.74, 6) is -0.0806. The normalized spacial score (nSPS) is 11.9. The van der Waals surface area contributed by atoms with Crippen molar-refractivity contribution in [2.75, 3.05) is 24.7 Å². The molecule has 2 rings (SSSR count). The zero-order valence-corrected chi connectivity index (χ0v) is 19.6. The van der Waals surface area contributed by atoms with Crippen LogP contribution in [0.4, 0.5) is 23.7 Å². The van der Waals surface area contributed by atoms with E-state index in [1.54, 1.807) is 6.07 Å². The van der Waals surface area contributed by atoms with Crippen LogP contribution >= 0.6 is 0 Å². The second-order valence-corrected chi connectivity index (χ2v) is 9.52. The molecule has 2 aromatic rings. The molecule has 0 heterocycles. The van der Waals surface area contributed by atoms with Gasteiger partial charge in [0.05, 0.1) is 24.1 Å². The molecule has 1 N–H and O–H groups in total. The molecule has 2 aromatic carbocycles. The monoisotopic (exact) mass is 488 g/mol. The number of methoxy groups -OCH3 is 1. The van der Waals surface area contributed by atoms with E-state index in [1.165, 1.54) is 49.3 Å². The van der Waals surface area contributed by atoms with Gasteiger partial charge in [0.15, 0.2) is 11.5 Å². The highest BCUT2D eigenvalue weighted by molar-refractivity contribution is 7.87. The van der Waals surface area contributed by atoms with Crippen molar-refractivity contribution in [2.24, 2.45) is 5.92 Å². The molecule has 0 aliphatic carbocycles. The summed E-state index contributed by atoms with van der Waals surface area (Å²) in [4.78, 5) is 14.3. The number of alkyl halides is 3. The number of carbonyl (C=O) groups is 1. The minimum atomic E-state index is -4.63. The minimum Gasteiger partial charge on any atom is -0.493 e. The molecular formula is C22H27F3N2O5S. The third-order valence-electron chi connectivity index (χ3n) is 4.52. The van der Waals surface area contributed by atoms with Gasteiger partial charge >= 0.3 is 22.3 Å². The quantitative estimate of drug-likeness (QED) is 0.495. The molecule has 0 aliphatic heterocycles. The number of benzene rings is 2. The first-order chi connectivity index (χ1) is 15.4. The Morgan fingerprint density at radius 3 is 2.36 bits per heavy atom. The van der Waals surface area contributed by atoms with Gasteiger partial charge in [0.1, 0.15) is 0 Å². The van der Waals surface area contributed by atoms with Gasteiger partial charge in [0, 0.05) is 13.1 Å². The van der Waals surface area contributed by atoms with Crippen molar-refractivity contribution in [3.8, 4) is 11.5 Å². The molecule has 7 nitrogen and oxygen atoms in total. The lowest BCUT2D eigenvalue weighted by Gasteiger charge is -2.26. The van der Waals surface area contributed by atoms with Crippen molar-refractivity contribution in [2.45, 2.75) is 33.5 Å². The molecule has 0 atom stereocenters. The molecular weight excluding hydrogens is 461 g/mol. The van der Waals surface area contributed by atoms with Gasteiger partial charge in [-0.2, -0.15) is 21.6 Å². The van der Waals surface area contributed by atoms with Gasteiger partial charge in [-0.1, -0.05) is 32.0 Å². The fraction of sp³-hybridized carbons (Fsp3) is 0.409. The highest BCUT2D eigenvalue weighted by Gasteiger charge is 2.34. The van der Waals surface area contributed by atoms with Crippen LogP contribution in [0.5, 0.6) is 11.5 Å². The number of hydrogen-bond donors (Lipinski definition) is 1. The third kappa shape index (κ3) is 7.55. The summed E-state index contributed by atoms with van der Waals surface area (Å²) >= 11 is 0. The molecule has 0 saturated carbocycles. The number of nitrogens with zero attached hydrogens (tertiary/aromatic N) is 1. The number of amides is 2. The number of halogens is 3. The maximum Gasteiger partial charge on any atom is 0.418 e. The van der Waals surface area contributed by atoms with Crippen LogP contribution in [0.2, 0.25) is 0 Å². The zero-order valence-electron chi connectivity index (χ0n) is 18.8. The van der Waals surface area contributed by atoms with Gasteiger partial charge in [-0.15, -0.1) is 0 Å². The SMILES string of the molecule is CCS(=O)(=O)Oc1cc(CN(CC(C)C)C(=O)Nc2ccccc2C(F)(F)F)ccc1OC. The Labute approximate surface area is 191 Å². The van der Waals surface area contributed by atoms with Crippen molar-refractivity contribution >= 4 is 21.8 Å². The second kappa shape index (κ2) is 10.8. The Morgan fingerprint density at radius 2 is 1.79 bits per heavy atom. The Hall–Kier alpha value is -2.95. The highest BCUT2D eigenvalue weighted by atomic mass is 32.2. The number of nitrogens with one attached hydrogen (secondary N) is 1. The van der Waals surface area contributed by atoms with E-state index in [1.807, 2.05) is 13.8 Å². The van der Waals surface area contributed by atoms with Crippen LogP contribution in [0.3, 0.4) is 0 Å². The molecule has 0 fully saturated rings. The lowest BCUT2D eigenvalue weighted by Crippen LogP contribution is -2.37. The lowest BCUT2D eigenvalue weighted by molar-refractivity contribution is -0.136. The average molecular weight is 489 g/mol. The van der Waals surface area contributed by atoms with Gasteiger partial charge in [0.25, 0.3) is 0 Å². The van der Waals surface area contributed by atoms with Gasteiger partial charge < -0.3 is 19.1 Å². The number of para-hydroxylation sites is 1. The van der Waals surface area contributed by atoms with Crippen LogP contribution in [0, 0.1) is 5.92 Å². The first-order valence-corrected chi connectivity index (χ1v) is 11.7. The first-order valence-electron chi connectivity index (χ1n) is 10.2. The summed E-state index contributed by atoms with van der Waals surface area (Å²) in [6, 6.07) is 8.55. The molecule has 0 saturated heterocycles. The van der Waals surface area contributed by atoms with E-state index >= 15 is 0 Å². The fourth-order valence-electron chi connectivity index (χ4n) is 2.99. The summed E-state index contributed by atoms with van der Waals surface area (Å²) in [6.07, 6.45) is -4.63. The first kappa shape index (κ1) is 26.3. The van der Waals surface area contributed by atoms with E-state index in [9.17, 15) is 26.4 Å². The largest absolute Gasteiger partial charge is 0.493 e. The summed E-state index contributed by atoms with van der Waals surface area (Å²) in [5, 5.41) is 2.34. The van der Waals surface area contributed by atoms with Gasteiger partial charge in [0.2, 0.25) is 0 Å². The lowest BCUT2D eigenvalue weighted by atomic mass is 10.1. The van der Waals surface area contributed by atoms with Crippen LogP contribution in [-0.4, -0.2) is 38.8 Å². The maximum atomic E-state index is 13.3. The van der Waals surface area contributed by atoms with E-state index in [0.29, 0.717) is 5.56 Å². The van der Waals surface area contributed by atoms with E-state index in [-0.39, 0.29) is 41.9 Å². The van der Waals surface area contributed by atoms with Crippen molar-refractivity contribution in [1.82, 2.24) is 4.90 Å². The molecule has 11 heteroatoms. The maximum absolute atomic E-state index is 13.3. The van der Waals surface area contributed by atoms with Crippen molar-refractivity contribution in [3.05, 3.63) is 53.6 Å². The Balaban J connectivity index is 2.32. The van der Waals surface area contributed by atoms with E-state index in [0.717, 1.165) is 6.07 Å². The summed E-state index contributed by atoms with van der Waals surface area (Å²) < 4.78 is 73.9. The Morgan fingerprint density at radius 1 is 1.12 bits per heavy atom. The zero-order chi connectivity index (χ0) is 24.8. The van der Waals surface area contributed by atoms with Crippen molar-refractivity contribution < 1.29 is 35.3 Å². The summed E-state index contributed by atoms with van der Waals surface area (Å²) in [6.45, 7) is 5.40. The smallest absolute Gasteiger partial charge is 0.418 e. The molecule has 0 aromatic heterocycles. The second-order valence-electron chi connectivity index (χ2n) is 7.66. The van der Waals surface area contributed by atoms with Gasteiger partial charge in [-0.3, -0.25) is 0 Å². The van der Waals surface area contributed by atoms with Crippen LogP contribution in [0.25, 0.3) is 0 Å². The van der Waals surface area contributed by atoms with Crippen LogP contribution in [-0.2, 0) is 22.8 Å². The molecule has 2 amide bonds. The molecule has 0 aliphatic rings. The topological polar surface area (TPSA) is 84.9 Å². The average Bonchev–Trinajstić information content (AvgIpc) is 2.72. The molecule has 33 heavy (non-hydrogen) atoms. The van der Waals surface area contributed by atoms with Gasteiger partial charge in [-0.25, -0.2) is 4.79 Å². The van der Waals surface area contributed by atoms with Crippen molar-refractivity contribution in [3.63, 3.8) is 0 Å². The standard InChI is InChI=1S/C22H27F3N2O5S/c1-5-33(29,30)32-20-12-16(10-11-19(20)31-4)14-27(13-15(2)3)21(28)26-18-9-7-6-8-17(18)22(23,24)25/h6-12,15H,5,13-14H2,1-4H3,(H,26,28). The number of hydrogen-bond acceptors (Lipinski definition) is 5. The number of carbonyl (C=O) groups excluding carboxylic acids is 1. The van der Waals surface area contributed by atoms with Crippen LogP contribution in [0.1, 0.15) is 31.9 Å². The molecule has 0 unspecified atom stereocenters. The van der Waals surface area contributed by atoms with Crippen LogP contribution < -0.4 is 14.2 Å². The Kier molecular flexibility index (Phi) is 8.59. The molecule has 0 radical (unpaired) electrons.